The van der Waals surface area contributed by atoms with Gasteiger partial charge in [-0.25, -0.2) is 4.99 Å². The molecular formula is C20H29N3O3. The van der Waals surface area contributed by atoms with E-state index in [1.54, 1.807) is 18.4 Å². The van der Waals surface area contributed by atoms with Crippen molar-refractivity contribution in [2.75, 3.05) is 33.3 Å². The zero-order valence-corrected chi connectivity index (χ0v) is 16.0. The van der Waals surface area contributed by atoms with Gasteiger partial charge in [-0.3, -0.25) is 0 Å². The third-order valence-electron chi connectivity index (χ3n) is 3.87. The van der Waals surface area contributed by atoms with Gasteiger partial charge in [0, 0.05) is 13.6 Å². The average molecular weight is 359 g/mol. The number of hydrogen-bond donors (Lipinski definition) is 2. The maximum Gasteiger partial charge on any atom is 0.193 e. The first-order chi connectivity index (χ1) is 12.5. The van der Waals surface area contributed by atoms with E-state index in [0.29, 0.717) is 18.9 Å². The second kappa shape index (κ2) is 9.87. The molecule has 142 valence electrons. The average Bonchev–Trinajstić information content (AvgIpc) is 3.12. The fourth-order valence-electron chi connectivity index (χ4n) is 2.64. The molecule has 6 heteroatoms. The molecule has 2 N–H and O–H groups in total. The molecule has 2 aromatic rings. The Hall–Kier alpha value is -2.47. The lowest BCUT2D eigenvalue weighted by Crippen LogP contribution is -2.41. The molecule has 0 saturated carbocycles. The molecule has 1 unspecified atom stereocenters. The van der Waals surface area contributed by atoms with Crippen molar-refractivity contribution in [2.45, 2.75) is 26.9 Å². The van der Waals surface area contributed by atoms with Gasteiger partial charge in [0.25, 0.3) is 0 Å². The highest BCUT2D eigenvalue weighted by Gasteiger charge is 2.12. The summed E-state index contributed by atoms with van der Waals surface area (Å²) >= 11 is 0. The minimum Gasteiger partial charge on any atom is -0.492 e. The number of hydrogen-bond acceptors (Lipinski definition) is 4. The fraction of sp³-hybridized carbons (Fsp3) is 0.450. The third-order valence-corrected chi connectivity index (χ3v) is 3.87. The number of aryl methyl sites for hydroxylation is 2. The Labute approximate surface area is 155 Å². The summed E-state index contributed by atoms with van der Waals surface area (Å²) in [6.45, 7) is 8.34. The van der Waals surface area contributed by atoms with Gasteiger partial charge in [-0.1, -0.05) is 6.07 Å². The molecule has 0 aliphatic heterocycles. The number of likely N-dealkylation sites (N-methyl/N-ethyl adjacent to an activating group) is 1. The van der Waals surface area contributed by atoms with Gasteiger partial charge in [-0.05, 0) is 56.2 Å². The molecule has 0 radical (unpaired) electrons. The lowest BCUT2D eigenvalue weighted by atomic mass is 10.1. The van der Waals surface area contributed by atoms with Crippen molar-refractivity contribution in [2.24, 2.45) is 4.99 Å². The molecule has 1 aromatic carbocycles. The number of guanidine groups is 1. The highest BCUT2D eigenvalue weighted by atomic mass is 16.5. The molecule has 0 amide bonds. The molecule has 1 heterocycles. The van der Waals surface area contributed by atoms with Gasteiger partial charge in [0.15, 0.2) is 5.96 Å². The van der Waals surface area contributed by atoms with Crippen LogP contribution < -0.4 is 10.1 Å². The van der Waals surface area contributed by atoms with Crippen molar-refractivity contribution >= 4 is 5.96 Å². The standard InChI is InChI=1S/C20H29N3O3/c1-5-21-20(22-14-18(24)19-7-6-9-26-19)23(4)8-10-25-17-12-15(2)11-16(3)13-17/h6-7,9,11-13,18,24H,5,8,10,14H2,1-4H3,(H,21,22). The number of aliphatic imine (C=N–C) groups is 1. The zero-order valence-electron chi connectivity index (χ0n) is 16.0. The van der Waals surface area contributed by atoms with Gasteiger partial charge >= 0.3 is 0 Å². The zero-order chi connectivity index (χ0) is 18.9. The summed E-state index contributed by atoms with van der Waals surface area (Å²) in [5, 5.41) is 13.3. The monoisotopic (exact) mass is 359 g/mol. The topological polar surface area (TPSA) is 70.2 Å². The summed E-state index contributed by atoms with van der Waals surface area (Å²) in [7, 11) is 1.95. The van der Waals surface area contributed by atoms with E-state index in [0.717, 1.165) is 18.3 Å². The molecule has 0 fully saturated rings. The maximum atomic E-state index is 10.1. The summed E-state index contributed by atoms with van der Waals surface area (Å²) in [5.74, 6) is 2.12. The van der Waals surface area contributed by atoms with Crippen LogP contribution in [0.15, 0.2) is 46.0 Å². The van der Waals surface area contributed by atoms with Crippen molar-refractivity contribution in [1.82, 2.24) is 10.2 Å². The van der Waals surface area contributed by atoms with E-state index in [2.05, 4.69) is 30.2 Å². The lowest BCUT2D eigenvalue weighted by molar-refractivity contribution is 0.158. The number of nitrogens with zero attached hydrogens (tertiary/aromatic N) is 2. The summed E-state index contributed by atoms with van der Waals surface area (Å²) in [6.07, 6.45) is 0.794. The third kappa shape index (κ3) is 6.11. The predicted octanol–water partition coefficient (Wildman–Crippen LogP) is 2.91. The van der Waals surface area contributed by atoms with Crippen LogP contribution in [0.1, 0.15) is 29.9 Å². The van der Waals surface area contributed by atoms with Crippen LogP contribution >= 0.6 is 0 Å². The molecular weight excluding hydrogens is 330 g/mol. The Morgan fingerprint density at radius 2 is 2.04 bits per heavy atom. The summed E-state index contributed by atoms with van der Waals surface area (Å²) < 4.78 is 11.1. The van der Waals surface area contributed by atoms with Crippen LogP contribution in [-0.4, -0.2) is 49.3 Å². The molecule has 1 aromatic heterocycles. The number of aliphatic hydroxyl groups excluding tert-OH is 1. The summed E-state index contributed by atoms with van der Waals surface area (Å²) in [6, 6.07) is 9.69. The second-order valence-electron chi connectivity index (χ2n) is 6.32. The van der Waals surface area contributed by atoms with Crippen molar-refractivity contribution < 1.29 is 14.3 Å². The smallest absolute Gasteiger partial charge is 0.193 e. The number of rotatable bonds is 8. The number of benzene rings is 1. The Morgan fingerprint density at radius 1 is 1.31 bits per heavy atom. The van der Waals surface area contributed by atoms with E-state index >= 15 is 0 Å². The Balaban J connectivity index is 1.88. The van der Waals surface area contributed by atoms with Gasteiger partial charge in [0.2, 0.25) is 0 Å². The molecule has 0 saturated heterocycles. The van der Waals surface area contributed by atoms with Gasteiger partial charge < -0.3 is 24.5 Å². The Bertz CT molecular complexity index is 678. The molecule has 0 aliphatic carbocycles. The van der Waals surface area contributed by atoms with Gasteiger partial charge in [0.05, 0.1) is 19.4 Å². The summed E-state index contributed by atoms with van der Waals surface area (Å²) in [4.78, 5) is 6.48. The van der Waals surface area contributed by atoms with Gasteiger partial charge in [-0.2, -0.15) is 0 Å². The van der Waals surface area contributed by atoms with E-state index in [4.69, 9.17) is 9.15 Å². The molecule has 26 heavy (non-hydrogen) atoms. The normalized spacial score (nSPS) is 12.7. The van der Waals surface area contributed by atoms with Crippen molar-refractivity contribution in [3.05, 3.63) is 53.5 Å². The first kappa shape index (κ1) is 19.8. The largest absolute Gasteiger partial charge is 0.492 e. The van der Waals surface area contributed by atoms with Crippen LogP contribution in [0.3, 0.4) is 0 Å². The Kier molecular flexibility index (Phi) is 7.53. The highest BCUT2D eigenvalue weighted by molar-refractivity contribution is 5.79. The molecule has 0 aliphatic rings. The summed E-state index contributed by atoms with van der Waals surface area (Å²) in [5.41, 5.74) is 2.38. The Morgan fingerprint density at radius 3 is 2.65 bits per heavy atom. The van der Waals surface area contributed by atoms with E-state index in [9.17, 15) is 5.11 Å². The fourth-order valence-corrected chi connectivity index (χ4v) is 2.64. The lowest BCUT2D eigenvalue weighted by Gasteiger charge is -2.22. The number of ether oxygens (including phenoxy) is 1. The second-order valence-corrected chi connectivity index (χ2v) is 6.32. The highest BCUT2D eigenvalue weighted by Crippen LogP contribution is 2.16. The van der Waals surface area contributed by atoms with Crippen LogP contribution in [-0.2, 0) is 0 Å². The number of furan rings is 1. The molecule has 6 nitrogen and oxygen atoms in total. The SMILES string of the molecule is CCNC(=NCC(O)c1ccco1)N(C)CCOc1cc(C)cc(C)c1. The molecule has 2 rings (SSSR count). The predicted molar refractivity (Wildman–Crippen MR) is 104 cm³/mol. The maximum absolute atomic E-state index is 10.1. The minimum absolute atomic E-state index is 0.234. The van der Waals surface area contributed by atoms with Crippen LogP contribution in [0.25, 0.3) is 0 Å². The van der Waals surface area contributed by atoms with E-state index in [1.165, 1.54) is 11.1 Å². The molecule has 1 atom stereocenters. The van der Waals surface area contributed by atoms with Crippen LogP contribution in [0.5, 0.6) is 5.75 Å². The van der Waals surface area contributed by atoms with Gasteiger partial charge in [0.1, 0.15) is 24.2 Å². The minimum atomic E-state index is -0.751. The number of aliphatic hydroxyl groups is 1. The van der Waals surface area contributed by atoms with Crippen LogP contribution in [0, 0.1) is 13.8 Å². The van der Waals surface area contributed by atoms with Crippen molar-refractivity contribution in [3.63, 3.8) is 0 Å². The molecule has 0 bridgehead atoms. The van der Waals surface area contributed by atoms with E-state index in [-0.39, 0.29) is 6.54 Å². The van der Waals surface area contributed by atoms with Crippen LogP contribution in [0.4, 0.5) is 0 Å². The van der Waals surface area contributed by atoms with E-state index < -0.39 is 6.10 Å². The van der Waals surface area contributed by atoms with E-state index in [1.807, 2.05) is 31.0 Å². The first-order valence-electron chi connectivity index (χ1n) is 8.91. The van der Waals surface area contributed by atoms with Crippen molar-refractivity contribution in [1.29, 1.82) is 0 Å². The quantitative estimate of drug-likeness (QED) is 0.560. The van der Waals surface area contributed by atoms with Gasteiger partial charge in [-0.15, -0.1) is 0 Å². The van der Waals surface area contributed by atoms with Crippen molar-refractivity contribution in [3.8, 4) is 5.75 Å². The van der Waals surface area contributed by atoms with Crippen LogP contribution in [0.2, 0.25) is 0 Å². The molecule has 0 spiro atoms. The number of nitrogens with one attached hydrogen (secondary N) is 1. The first-order valence-corrected chi connectivity index (χ1v) is 8.91.